The van der Waals surface area contributed by atoms with E-state index in [0.29, 0.717) is 30.4 Å². The van der Waals surface area contributed by atoms with Gasteiger partial charge < -0.3 is 14.8 Å². The summed E-state index contributed by atoms with van der Waals surface area (Å²) in [7, 11) is 0. The highest BCUT2D eigenvalue weighted by Gasteiger charge is 2.17. The average Bonchev–Trinajstić information content (AvgIpc) is 2.72. The molecule has 1 aliphatic heterocycles. The molecule has 1 amide bonds. The quantitative estimate of drug-likeness (QED) is 0.912. The van der Waals surface area contributed by atoms with Crippen LogP contribution >= 0.6 is 11.6 Å². The summed E-state index contributed by atoms with van der Waals surface area (Å²) in [5.41, 5.74) is 0.296. The number of nitrogens with one attached hydrogen (secondary N) is 1. The number of rotatable bonds is 2. The van der Waals surface area contributed by atoms with E-state index in [4.69, 9.17) is 21.1 Å². The molecule has 114 valence electrons. The second kappa shape index (κ2) is 6.23. The molecule has 1 heterocycles. The van der Waals surface area contributed by atoms with Crippen LogP contribution in [-0.4, -0.2) is 19.1 Å². The van der Waals surface area contributed by atoms with Crippen molar-refractivity contribution in [3.8, 4) is 11.5 Å². The highest BCUT2D eigenvalue weighted by Crippen LogP contribution is 2.32. The van der Waals surface area contributed by atoms with Crippen molar-refractivity contribution in [1.29, 1.82) is 0 Å². The van der Waals surface area contributed by atoms with Crippen LogP contribution in [0.3, 0.4) is 0 Å². The minimum atomic E-state index is -0.667. The third-order valence-corrected chi connectivity index (χ3v) is 3.51. The molecule has 22 heavy (non-hydrogen) atoms. The van der Waals surface area contributed by atoms with Crippen molar-refractivity contribution in [2.24, 2.45) is 0 Å². The van der Waals surface area contributed by atoms with E-state index in [1.165, 1.54) is 18.2 Å². The van der Waals surface area contributed by atoms with E-state index in [2.05, 4.69) is 5.32 Å². The molecule has 6 heteroatoms. The predicted octanol–water partition coefficient (Wildman–Crippen LogP) is 3.89. The summed E-state index contributed by atoms with van der Waals surface area (Å²) in [6.45, 7) is 1.13. The number of hydrogen-bond donors (Lipinski definition) is 1. The Balaban J connectivity index is 1.84. The zero-order valence-electron chi connectivity index (χ0n) is 11.6. The van der Waals surface area contributed by atoms with E-state index >= 15 is 0 Å². The molecule has 0 atom stereocenters. The van der Waals surface area contributed by atoms with Crippen LogP contribution in [0.15, 0.2) is 36.4 Å². The Bertz CT molecular complexity index is 700. The SMILES string of the molecule is O=C(Nc1ccc2c(c1)OCCCO2)c1c(F)cccc1Cl. The van der Waals surface area contributed by atoms with Gasteiger partial charge in [0.15, 0.2) is 11.5 Å². The lowest BCUT2D eigenvalue weighted by Crippen LogP contribution is -2.14. The molecule has 2 aromatic carbocycles. The number of hydrogen-bond acceptors (Lipinski definition) is 3. The largest absolute Gasteiger partial charge is 0.490 e. The van der Waals surface area contributed by atoms with Gasteiger partial charge in [-0.1, -0.05) is 17.7 Å². The molecule has 0 unspecified atom stereocenters. The maximum atomic E-state index is 13.7. The molecule has 0 bridgehead atoms. The monoisotopic (exact) mass is 321 g/mol. The summed E-state index contributed by atoms with van der Waals surface area (Å²) in [5, 5.41) is 2.67. The normalized spacial score (nSPS) is 13.4. The van der Waals surface area contributed by atoms with Crippen LogP contribution in [0.2, 0.25) is 5.02 Å². The summed E-state index contributed by atoms with van der Waals surface area (Å²) in [4.78, 5) is 12.2. The van der Waals surface area contributed by atoms with Crippen LogP contribution in [0, 0.1) is 5.82 Å². The second-order valence-electron chi connectivity index (χ2n) is 4.76. The zero-order chi connectivity index (χ0) is 15.5. The molecule has 0 radical (unpaired) electrons. The van der Waals surface area contributed by atoms with E-state index in [1.807, 2.05) is 0 Å². The third kappa shape index (κ3) is 2.99. The fourth-order valence-electron chi connectivity index (χ4n) is 2.15. The van der Waals surface area contributed by atoms with E-state index in [9.17, 15) is 9.18 Å². The number of amides is 1. The second-order valence-corrected chi connectivity index (χ2v) is 5.17. The smallest absolute Gasteiger partial charge is 0.260 e. The molecular weight excluding hydrogens is 309 g/mol. The summed E-state index contributed by atoms with van der Waals surface area (Å²) >= 11 is 5.88. The van der Waals surface area contributed by atoms with Crippen molar-refractivity contribution in [2.75, 3.05) is 18.5 Å². The first-order valence-corrected chi connectivity index (χ1v) is 7.18. The standard InChI is InChI=1S/C16H13ClFNO3/c17-11-3-1-4-12(18)15(11)16(20)19-10-5-6-13-14(9-10)22-8-2-7-21-13/h1,3-6,9H,2,7-8H2,(H,19,20). The van der Waals surface area contributed by atoms with Crippen LogP contribution in [-0.2, 0) is 0 Å². The van der Waals surface area contributed by atoms with Crippen LogP contribution in [0.5, 0.6) is 11.5 Å². The fraction of sp³-hybridized carbons (Fsp3) is 0.188. The molecule has 1 N–H and O–H groups in total. The Kier molecular flexibility index (Phi) is 4.15. The molecule has 0 saturated carbocycles. The summed E-state index contributed by atoms with van der Waals surface area (Å²) in [5.74, 6) is -0.105. The first kappa shape index (κ1) is 14.7. The van der Waals surface area contributed by atoms with Gasteiger partial charge in [-0.25, -0.2) is 4.39 Å². The number of anilines is 1. The van der Waals surface area contributed by atoms with Gasteiger partial charge in [-0.05, 0) is 24.3 Å². The molecule has 4 nitrogen and oxygen atoms in total. The molecule has 0 aromatic heterocycles. The molecule has 0 fully saturated rings. The van der Waals surface area contributed by atoms with Crippen LogP contribution in [0.1, 0.15) is 16.8 Å². The van der Waals surface area contributed by atoms with Crippen molar-refractivity contribution in [3.05, 3.63) is 52.8 Å². The number of fused-ring (bicyclic) bond motifs is 1. The lowest BCUT2D eigenvalue weighted by atomic mass is 10.2. The minimum absolute atomic E-state index is 0.0619. The average molecular weight is 322 g/mol. The number of carbonyl (C=O) groups excluding carboxylic acids is 1. The Morgan fingerprint density at radius 3 is 2.68 bits per heavy atom. The van der Waals surface area contributed by atoms with Crippen molar-refractivity contribution >= 4 is 23.2 Å². The number of ether oxygens (including phenoxy) is 2. The van der Waals surface area contributed by atoms with Gasteiger partial charge in [-0.3, -0.25) is 4.79 Å². The summed E-state index contributed by atoms with van der Waals surface area (Å²) in [6.07, 6.45) is 0.793. The van der Waals surface area contributed by atoms with E-state index in [0.717, 1.165) is 6.42 Å². The van der Waals surface area contributed by atoms with Gasteiger partial charge in [0, 0.05) is 18.2 Å². The zero-order valence-corrected chi connectivity index (χ0v) is 12.3. The first-order valence-electron chi connectivity index (χ1n) is 6.80. The maximum absolute atomic E-state index is 13.7. The molecule has 1 aliphatic rings. The molecule has 2 aromatic rings. The van der Waals surface area contributed by atoms with Gasteiger partial charge in [0.2, 0.25) is 0 Å². The molecule has 0 spiro atoms. The van der Waals surface area contributed by atoms with E-state index < -0.39 is 11.7 Å². The molecule has 3 rings (SSSR count). The van der Waals surface area contributed by atoms with Crippen LogP contribution in [0.4, 0.5) is 10.1 Å². The van der Waals surface area contributed by atoms with Gasteiger partial charge in [0.1, 0.15) is 5.82 Å². The Hall–Kier alpha value is -2.27. The third-order valence-electron chi connectivity index (χ3n) is 3.20. The Morgan fingerprint density at radius 2 is 1.91 bits per heavy atom. The number of carbonyl (C=O) groups is 1. The summed E-state index contributed by atoms with van der Waals surface area (Å²) in [6, 6.07) is 9.12. The Morgan fingerprint density at radius 1 is 1.14 bits per heavy atom. The fourth-order valence-corrected chi connectivity index (χ4v) is 2.40. The summed E-state index contributed by atoms with van der Waals surface area (Å²) < 4.78 is 24.8. The van der Waals surface area contributed by atoms with Crippen molar-refractivity contribution < 1.29 is 18.7 Å². The predicted molar refractivity (Wildman–Crippen MR) is 81.4 cm³/mol. The first-order chi connectivity index (χ1) is 10.6. The van der Waals surface area contributed by atoms with Gasteiger partial charge >= 0.3 is 0 Å². The minimum Gasteiger partial charge on any atom is -0.490 e. The van der Waals surface area contributed by atoms with Crippen molar-refractivity contribution in [3.63, 3.8) is 0 Å². The van der Waals surface area contributed by atoms with Gasteiger partial charge in [0.05, 0.1) is 23.8 Å². The van der Waals surface area contributed by atoms with Gasteiger partial charge in [-0.15, -0.1) is 0 Å². The Labute approximate surface area is 131 Å². The molecular formula is C16H13ClFNO3. The molecule has 0 saturated heterocycles. The number of halogens is 2. The maximum Gasteiger partial charge on any atom is 0.260 e. The lowest BCUT2D eigenvalue weighted by molar-refractivity contribution is 0.102. The molecule has 0 aliphatic carbocycles. The topological polar surface area (TPSA) is 47.6 Å². The highest BCUT2D eigenvalue weighted by molar-refractivity contribution is 6.34. The van der Waals surface area contributed by atoms with Crippen molar-refractivity contribution in [2.45, 2.75) is 6.42 Å². The van der Waals surface area contributed by atoms with Crippen LogP contribution < -0.4 is 14.8 Å². The van der Waals surface area contributed by atoms with Crippen LogP contribution in [0.25, 0.3) is 0 Å². The van der Waals surface area contributed by atoms with Gasteiger partial charge in [0.25, 0.3) is 5.91 Å². The highest BCUT2D eigenvalue weighted by atomic mass is 35.5. The van der Waals surface area contributed by atoms with Crippen molar-refractivity contribution in [1.82, 2.24) is 0 Å². The van der Waals surface area contributed by atoms with E-state index in [-0.39, 0.29) is 10.6 Å². The van der Waals surface area contributed by atoms with Gasteiger partial charge in [-0.2, -0.15) is 0 Å². The number of benzene rings is 2. The lowest BCUT2D eigenvalue weighted by Gasteiger charge is -2.11. The van der Waals surface area contributed by atoms with E-state index in [1.54, 1.807) is 18.2 Å².